The van der Waals surface area contributed by atoms with Crippen LogP contribution in [0.4, 0.5) is 4.39 Å². The van der Waals surface area contributed by atoms with Crippen molar-refractivity contribution in [1.82, 2.24) is 9.58 Å². The number of fused-ring (bicyclic) bond motifs is 5. The van der Waals surface area contributed by atoms with Crippen molar-refractivity contribution in [3.05, 3.63) is 106 Å². The van der Waals surface area contributed by atoms with Crippen LogP contribution < -0.4 is 15.2 Å². The van der Waals surface area contributed by atoms with Gasteiger partial charge in [0.15, 0.2) is 23.0 Å². The zero-order chi connectivity index (χ0) is 24.7. The van der Waals surface area contributed by atoms with Crippen LogP contribution in [0.2, 0.25) is 0 Å². The molecule has 2 atom stereocenters. The monoisotopic (exact) mass is 491 g/mol. The number of halogens is 1. The van der Waals surface area contributed by atoms with Crippen LogP contribution in [0.15, 0.2) is 77.7 Å². The van der Waals surface area contributed by atoms with Crippen LogP contribution >= 0.6 is 0 Å². The van der Waals surface area contributed by atoms with E-state index in [2.05, 4.69) is 0 Å². The highest BCUT2D eigenvalue weighted by atomic mass is 19.1. The Kier molecular flexibility index (Phi) is 6.88. The summed E-state index contributed by atoms with van der Waals surface area (Å²) in [5.41, 5.74) is 0.626. The molecule has 0 radical (unpaired) electrons. The van der Waals surface area contributed by atoms with Gasteiger partial charge in [-0.3, -0.25) is 19.3 Å². The van der Waals surface area contributed by atoms with Gasteiger partial charge >= 0.3 is 0 Å². The molecule has 0 spiro atoms. The number of benzene rings is 2. The summed E-state index contributed by atoms with van der Waals surface area (Å²) in [4.78, 5) is 27.7. The third kappa shape index (κ3) is 4.12. The number of carbonyl (C=O) groups is 1. The van der Waals surface area contributed by atoms with Crippen LogP contribution in [0, 0.1) is 11.7 Å². The first-order chi connectivity index (χ1) is 16.9. The lowest BCUT2D eigenvalue weighted by atomic mass is 9.96. The van der Waals surface area contributed by atoms with E-state index in [9.17, 15) is 14.7 Å². The number of aromatic hydroxyl groups is 1. The fourth-order valence-electron chi connectivity index (χ4n) is 4.84. The van der Waals surface area contributed by atoms with E-state index in [-0.39, 0.29) is 44.1 Å². The molecular formula is C28H30FN3O4. The lowest BCUT2D eigenvalue weighted by molar-refractivity contribution is 0.0588. The molecule has 2 aromatic carbocycles. The number of amides is 1. The molecule has 7 nitrogen and oxygen atoms in total. The minimum atomic E-state index is -0.640. The highest BCUT2D eigenvalue weighted by Crippen LogP contribution is 2.38. The van der Waals surface area contributed by atoms with E-state index >= 15 is 4.39 Å². The van der Waals surface area contributed by atoms with Gasteiger partial charge in [0.2, 0.25) is 5.43 Å². The summed E-state index contributed by atoms with van der Waals surface area (Å²) in [6.45, 7) is 4.24. The Hall–Kier alpha value is -4.07. The van der Waals surface area contributed by atoms with Crippen LogP contribution in [-0.2, 0) is 0 Å². The number of hydrogen-bond acceptors (Lipinski definition) is 5. The fraction of sp³-hybridized carbons (Fsp3) is 0.286. The molecule has 2 aliphatic rings. The number of ether oxygens (including phenoxy) is 1. The molecule has 0 fully saturated rings. The van der Waals surface area contributed by atoms with Gasteiger partial charge in [-0.15, -0.1) is 0 Å². The van der Waals surface area contributed by atoms with Crippen molar-refractivity contribution in [1.29, 1.82) is 0 Å². The first kappa shape index (κ1) is 25.0. The normalized spacial score (nSPS) is 19.9. The summed E-state index contributed by atoms with van der Waals surface area (Å²) in [7, 11) is 0. The molecule has 8 heteroatoms. The predicted octanol–water partition coefficient (Wildman–Crippen LogP) is 4.44. The van der Waals surface area contributed by atoms with Crippen molar-refractivity contribution >= 4 is 5.91 Å². The number of para-hydroxylation sites is 1. The van der Waals surface area contributed by atoms with E-state index in [1.165, 1.54) is 23.0 Å². The van der Waals surface area contributed by atoms with Crippen LogP contribution in [0.3, 0.4) is 0 Å². The maximum Gasteiger partial charge on any atom is 0.278 e. The van der Waals surface area contributed by atoms with Gasteiger partial charge in [-0.2, -0.15) is 0 Å². The number of carbonyl (C=O) groups excluding carboxylic acids is 1. The molecule has 188 valence electrons. The first-order valence-electron chi connectivity index (χ1n) is 11.5. The lowest BCUT2D eigenvalue weighted by Gasteiger charge is -2.46. The predicted molar refractivity (Wildman–Crippen MR) is 136 cm³/mol. The number of pyridine rings is 1. The summed E-state index contributed by atoms with van der Waals surface area (Å²) in [5, 5.41) is 12.6. The van der Waals surface area contributed by atoms with Gasteiger partial charge in [0.25, 0.3) is 5.91 Å². The molecule has 2 aliphatic heterocycles. The molecule has 1 aromatic heterocycles. The summed E-state index contributed by atoms with van der Waals surface area (Å²) in [6, 6.07) is 14.5. The Morgan fingerprint density at radius 3 is 2.53 bits per heavy atom. The molecule has 3 aromatic rings. The molecule has 5 rings (SSSR count). The maximum absolute atomic E-state index is 15.1. The summed E-state index contributed by atoms with van der Waals surface area (Å²) >= 11 is 0. The summed E-state index contributed by atoms with van der Waals surface area (Å²) in [6.07, 6.45) is 5.11. The zero-order valence-electron chi connectivity index (χ0n) is 19.5. The largest absolute Gasteiger partial charge is 0.502 e. The zero-order valence-corrected chi connectivity index (χ0v) is 19.5. The second-order valence-electron chi connectivity index (χ2n) is 9.02. The van der Waals surface area contributed by atoms with Crippen molar-refractivity contribution in [2.75, 3.05) is 18.3 Å². The van der Waals surface area contributed by atoms with Crippen LogP contribution in [-0.4, -0.2) is 39.9 Å². The van der Waals surface area contributed by atoms with Gasteiger partial charge in [-0.25, -0.2) is 4.39 Å². The lowest BCUT2D eigenvalue weighted by Crippen LogP contribution is -2.58. The molecule has 1 amide bonds. The Labute approximate surface area is 209 Å². The molecule has 1 N–H and O–H groups in total. The third-order valence-electron chi connectivity index (χ3n) is 6.50. The topological polar surface area (TPSA) is 75.0 Å². The van der Waals surface area contributed by atoms with Crippen molar-refractivity contribution in [3.8, 4) is 11.5 Å². The Morgan fingerprint density at radius 1 is 1.06 bits per heavy atom. The SMILES string of the molecule is C.CC(C)[C@@H]1/C=C/COc2c(F)cccc2[C@H](c2ccccc2)N2CN1C(=O)c1c(O)c(=O)ccn12. The van der Waals surface area contributed by atoms with E-state index in [1.807, 2.05) is 55.3 Å². The van der Waals surface area contributed by atoms with Crippen molar-refractivity contribution < 1.29 is 19.0 Å². The maximum atomic E-state index is 15.1. The van der Waals surface area contributed by atoms with Crippen molar-refractivity contribution in [2.45, 2.75) is 33.4 Å². The average Bonchev–Trinajstić information content (AvgIpc) is 2.87. The molecule has 0 saturated carbocycles. The Bertz CT molecular complexity index is 1350. The summed E-state index contributed by atoms with van der Waals surface area (Å²) in [5.74, 6) is -1.42. The van der Waals surface area contributed by atoms with E-state index in [0.717, 1.165) is 5.56 Å². The fourth-order valence-corrected chi connectivity index (χ4v) is 4.84. The van der Waals surface area contributed by atoms with Gasteiger partial charge in [0.05, 0.1) is 6.04 Å². The van der Waals surface area contributed by atoms with Gasteiger partial charge in [-0.05, 0) is 23.6 Å². The van der Waals surface area contributed by atoms with Gasteiger partial charge in [-0.1, -0.05) is 69.8 Å². The molecule has 0 saturated heterocycles. The second kappa shape index (κ2) is 9.89. The first-order valence-corrected chi connectivity index (χ1v) is 11.5. The van der Waals surface area contributed by atoms with Crippen LogP contribution in [0.1, 0.15) is 48.9 Å². The molecular weight excluding hydrogens is 461 g/mol. The Morgan fingerprint density at radius 2 is 1.81 bits per heavy atom. The molecule has 2 bridgehead atoms. The van der Waals surface area contributed by atoms with Gasteiger partial charge in [0.1, 0.15) is 19.3 Å². The number of hydrogen-bond donors (Lipinski definition) is 1. The number of aromatic nitrogens is 1. The van der Waals surface area contributed by atoms with E-state index in [1.54, 1.807) is 23.1 Å². The quantitative estimate of drug-likeness (QED) is 0.537. The highest BCUT2D eigenvalue weighted by Gasteiger charge is 2.40. The molecule has 3 heterocycles. The molecule has 36 heavy (non-hydrogen) atoms. The average molecular weight is 492 g/mol. The van der Waals surface area contributed by atoms with E-state index in [0.29, 0.717) is 5.56 Å². The molecule has 0 aliphatic carbocycles. The second-order valence-corrected chi connectivity index (χ2v) is 9.02. The number of rotatable bonds is 2. The Balaban J connectivity index is 0.00000304. The smallest absolute Gasteiger partial charge is 0.278 e. The summed E-state index contributed by atoms with van der Waals surface area (Å²) < 4.78 is 22.5. The minimum Gasteiger partial charge on any atom is -0.502 e. The third-order valence-corrected chi connectivity index (χ3v) is 6.50. The minimum absolute atomic E-state index is 0. The number of nitrogens with zero attached hydrogens (tertiary/aromatic N) is 3. The van der Waals surface area contributed by atoms with E-state index < -0.39 is 28.9 Å². The van der Waals surface area contributed by atoms with E-state index in [4.69, 9.17) is 4.74 Å². The standard InChI is InChI=1S/C27H26FN3O4.CH4/c1-17(2)21-12-7-15-35-26-19(10-6-11-20(26)28)23(18-8-4-3-5-9-18)31-16-29(21)27(34)24-25(33)22(32)13-14-30(24)31;/h3-14,17,21,23,33H,15-16H2,1-2H3;1H4/b12-7+;/t21-,23-;/m0./s1. The van der Waals surface area contributed by atoms with Crippen LogP contribution in [0.25, 0.3) is 0 Å². The van der Waals surface area contributed by atoms with Crippen molar-refractivity contribution in [2.24, 2.45) is 5.92 Å². The van der Waals surface area contributed by atoms with Gasteiger partial charge < -0.3 is 14.7 Å². The van der Waals surface area contributed by atoms with Crippen LogP contribution in [0.5, 0.6) is 11.5 Å². The molecule has 0 unspecified atom stereocenters. The van der Waals surface area contributed by atoms with Gasteiger partial charge in [0, 0.05) is 17.8 Å². The highest BCUT2D eigenvalue weighted by molar-refractivity contribution is 5.96. The van der Waals surface area contributed by atoms with Crippen molar-refractivity contribution in [3.63, 3.8) is 0 Å².